The number of terminal acetylenes is 1. The molecule has 4 atom stereocenters. The van der Waals surface area contributed by atoms with Gasteiger partial charge in [0.1, 0.15) is 6.04 Å². The third-order valence-corrected chi connectivity index (χ3v) is 3.57. The minimum atomic E-state index is -1.08. The fourth-order valence-electron chi connectivity index (χ4n) is 2.71. The molecule has 92 valence electrons. The molecule has 2 aliphatic rings. The predicted molar refractivity (Wildman–Crippen MR) is 61.1 cm³/mol. The molecule has 0 aromatic rings. The van der Waals surface area contributed by atoms with Crippen molar-refractivity contribution in [3.05, 3.63) is 0 Å². The van der Waals surface area contributed by atoms with Gasteiger partial charge in [-0.25, -0.2) is 4.79 Å². The van der Waals surface area contributed by atoms with Crippen molar-refractivity contribution >= 4 is 11.9 Å². The number of carbonyl (C=O) groups excluding carboxylic acids is 1. The van der Waals surface area contributed by atoms with E-state index < -0.39 is 12.0 Å². The molecule has 3 N–H and O–H groups in total. The van der Waals surface area contributed by atoms with Gasteiger partial charge in [-0.2, -0.15) is 0 Å². The number of carboxylic acids is 1. The van der Waals surface area contributed by atoms with E-state index in [4.69, 9.17) is 11.5 Å². The van der Waals surface area contributed by atoms with Crippen molar-refractivity contribution < 1.29 is 14.7 Å². The quantitative estimate of drug-likeness (QED) is 0.587. The van der Waals surface area contributed by atoms with Crippen molar-refractivity contribution in [1.82, 2.24) is 10.6 Å². The average molecular weight is 236 g/mol. The number of hydrogen-bond acceptors (Lipinski definition) is 3. The number of amides is 1. The van der Waals surface area contributed by atoms with E-state index in [0.29, 0.717) is 6.04 Å². The Morgan fingerprint density at radius 1 is 1.53 bits per heavy atom. The number of hydrogen-bond donors (Lipinski definition) is 3. The first-order valence-corrected chi connectivity index (χ1v) is 5.84. The number of aliphatic carboxylic acids is 1. The lowest BCUT2D eigenvalue weighted by molar-refractivity contribution is -0.142. The zero-order valence-electron chi connectivity index (χ0n) is 9.48. The van der Waals surface area contributed by atoms with Crippen LogP contribution in [0.5, 0.6) is 0 Å². The minimum Gasteiger partial charge on any atom is -0.480 e. The maximum Gasteiger partial charge on any atom is 0.327 e. The second-order valence-corrected chi connectivity index (χ2v) is 4.70. The van der Waals surface area contributed by atoms with Gasteiger partial charge in [-0.1, -0.05) is 0 Å². The van der Waals surface area contributed by atoms with Gasteiger partial charge in [-0.15, -0.1) is 12.3 Å². The first-order chi connectivity index (χ1) is 8.11. The summed E-state index contributed by atoms with van der Waals surface area (Å²) in [7, 11) is 0. The molecule has 0 radical (unpaired) electrons. The van der Waals surface area contributed by atoms with E-state index in [1.54, 1.807) is 0 Å². The van der Waals surface area contributed by atoms with E-state index in [2.05, 4.69) is 16.6 Å². The molecule has 2 fully saturated rings. The van der Waals surface area contributed by atoms with Crippen LogP contribution in [0, 0.1) is 18.3 Å². The summed E-state index contributed by atoms with van der Waals surface area (Å²) < 4.78 is 0. The van der Waals surface area contributed by atoms with Crippen LogP contribution < -0.4 is 10.6 Å². The highest BCUT2D eigenvalue weighted by atomic mass is 16.4. The Morgan fingerprint density at radius 3 is 2.76 bits per heavy atom. The molecule has 0 aromatic carbocycles. The average Bonchev–Trinajstić information content (AvgIpc) is 2.89. The SMILES string of the molecule is C#CCC(NC(=O)C1CC2CCC1N2)C(=O)O. The van der Waals surface area contributed by atoms with E-state index >= 15 is 0 Å². The largest absolute Gasteiger partial charge is 0.480 e. The highest BCUT2D eigenvalue weighted by Gasteiger charge is 2.43. The highest BCUT2D eigenvalue weighted by Crippen LogP contribution is 2.33. The van der Waals surface area contributed by atoms with E-state index in [9.17, 15) is 9.59 Å². The van der Waals surface area contributed by atoms with Gasteiger partial charge >= 0.3 is 5.97 Å². The molecule has 0 spiro atoms. The Morgan fingerprint density at radius 2 is 2.29 bits per heavy atom. The summed E-state index contributed by atoms with van der Waals surface area (Å²) in [5, 5.41) is 14.8. The topological polar surface area (TPSA) is 78.4 Å². The Hall–Kier alpha value is -1.54. The predicted octanol–water partition coefficient (Wildman–Crippen LogP) is -0.280. The van der Waals surface area contributed by atoms with Crippen LogP contribution in [-0.4, -0.2) is 35.1 Å². The molecule has 2 saturated heterocycles. The van der Waals surface area contributed by atoms with Crippen LogP contribution >= 0.6 is 0 Å². The lowest BCUT2D eigenvalue weighted by Gasteiger charge is -2.21. The molecule has 2 aliphatic heterocycles. The standard InChI is InChI=1S/C12H16N2O3/c1-2-3-10(12(16)17)14-11(15)8-6-7-4-5-9(8)13-7/h1,7-10,13H,3-6H2,(H,14,15)(H,16,17). The number of carboxylic acid groups (broad SMARTS) is 1. The highest BCUT2D eigenvalue weighted by molar-refractivity contribution is 5.86. The number of rotatable bonds is 4. The fraction of sp³-hybridized carbons (Fsp3) is 0.667. The van der Waals surface area contributed by atoms with E-state index in [-0.39, 0.29) is 24.3 Å². The van der Waals surface area contributed by atoms with Crippen molar-refractivity contribution in [3.8, 4) is 12.3 Å². The molecule has 5 heteroatoms. The van der Waals surface area contributed by atoms with Gasteiger partial charge in [0.15, 0.2) is 0 Å². The number of fused-ring (bicyclic) bond motifs is 2. The Labute approximate surface area is 100.0 Å². The second-order valence-electron chi connectivity index (χ2n) is 4.70. The molecule has 4 unspecified atom stereocenters. The van der Waals surface area contributed by atoms with Gasteiger partial charge in [0.05, 0.1) is 5.92 Å². The minimum absolute atomic E-state index is 0.0231. The van der Waals surface area contributed by atoms with E-state index in [1.807, 2.05) is 0 Å². The molecular formula is C12H16N2O3. The monoisotopic (exact) mass is 236 g/mol. The Bertz CT molecular complexity index is 374. The van der Waals surface area contributed by atoms with Gasteiger partial charge in [-0.3, -0.25) is 4.79 Å². The van der Waals surface area contributed by atoms with Gasteiger partial charge in [0.25, 0.3) is 0 Å². The zero-order chi connectivity index (χ0) is 12.4. The number of nitrogens with one attached hydrogen (secondary N) is 2. The lowest BCUT2D eigenvalue weighted by atomic mass is 9.88. The van der Waals surface area contributed by atoms with Gasteiger partial charge < -0.3 is 15.7 Å². The molecule has 17 heavy (non-hydrogen) atoms. The maximum absolute atomic E-state index is 11.9. The van der Waals surface area contributed by atoms with Crippen molar-refractivity contribution in [1.29, 1.82) is 0 Å². The van der Waals surface area contributed by atoms with E-state index in [1.165, 1.54) is 0 Å². The summed E-state index contributed by atoms with van der Waals surface area (Å²) in [6.07, 6.45) is 8.02. The molecule has 0 aliphatic carbocycles. The smallest absolute Gasteiger partial charge is 0.327 e. The summed E-state index contributed by atoms with van der Waals surface area (Å²) in [5.41, 5.74) is 0. The van der Waals surface area contributed by atoms with Crippen LogP contribution in [0.25, 0.3) is 0 Å². The van der Waals surface area contributed by atoms with Gasteiger partial charge in [-0.05, 0) is 19.3 Å². The van der Waals surface area contributed by atoms with Crippen LogP contribution in [0.1, 0.15) is 25.7 Å². The third kappa shape index (κ3) is 2.42. The molecule has 5 nitrogen and oxygen atoms in total. The van der Waals surface area contributed by atoms with Crippen molar-refractivity contribution in [2.75, 3.05) is 0 Å². The third-order valence-electron chi connectivity index (χ3n) is 3.57. The lowest BCUT2D eigenvalue weighted by Crippen LogP contribution is -2.46. The zero-order valence-corrected chi connectivity index (χ0v) is 9.48. The summed E-state index contributed by atoms with van der Waals surface area (Å²) in [5.74, 6) is 0.900. The number of carbonyl (C=O) groups is 2. The molecule has 0 saturated carbocycles. The van der Waals surface area contributed by atoms with Crippen LogP contribution in [0.3, 0.4) is 0 Å². The van der Waals surface area contributed by atoms with Crippen LogP contribution in [-0.2, 0) is 9.59 Å². The normalized spacial score (nSPS) is 31.8. The van der Waals surface area contributed by atoms with Crippen molar-refractivity contribution in [2.24, 2.45) is 5.92 Å². The van der Waals surface area contributed by atoms with E-state index in [0.717, 1.165) is 19.3 Å². The van der Waals surface area contributed by atoms with Crippen molar-refractivity contribution in [2.45, 2.75) is 43.8 Å². The summed E-state index contributed by atoms with van der Waals surface area (Å²) >= 11 is 0. The first kappa shape index (κ1) is 11.9. The Kier molecular flexibility index (Phi) is 3.34. The van der Waals surface area contributed by atoms with Gasteiger partial charge in [0.2, 0.25) is 5.91 Å². The van der Waals surface area contributed by atoms with Crippen LogP contribution in [0.4, 0.5) is 0 Å². The summed E-state index contributed by atoms with van der Waals surface area (Å²) in [4.78, 5) is 22.8. The summed E-state index contributed by atoms with van der Waals surface area (Å²) in [6, 6.07) is -0.335. The molecule has 2 bridgehead atoms. The molecule has 0 aromatic heterocycles. The molecule has 1 amide bonds. The maximum atomic E-state index is 11.9. The van der Waals surface area contributed by atoms with Crippen molar-refractivity contribution in [3.63, 3.8) is 0 Å². The molecular weight excluding hydrogens is 220 g/mol. The molecule has 2 heterocycles. The van der Waals surface area contributed by atoms with Crippen LogP contribution in [0.15, 0.2) is 0 Å². The fourth-order valence-corrected chi connectivity index (χ4v) is 2.71. The summed E-state index contributed by atoms with van der Waals surface area (Å²) in [6.45, 7) is 0. The molecule has 2 rings (SSSR count). The van der Waals surface area contributed by atoms with Gasteiger partial charge in [0, 0.05) is 18.5 Å². The second kappa shape index (κ2) is 4.76. The Balaban J connectivity index is 1.92. The van der Waals surface area contributed by atoms with Crippen LogP contribution in [0.2, 0.25) is 0 Å². The first-order valence-electron chi connectivity index (χ1n) is 5.84.